The molecule has 7 heteroatoms. The molecule has 0 aliphatic carbocycles. The molecule has 0 aliphatic heterocycles. The van der Waals surface area contributed by atoms with Gasteiger partial charge in [0.25, 0.3) is 5.56 Å². The summed E-state index contributed by atoms with van der Waals surface area (Å²) >= 11 is 0. The summed E-state index contributed by atoms with van der Waals surface area (Å²) in [6, 6.07) is 21.0. The number of carboxylic acid groups (broad SMARTS) is 1. The average Bonchev–Trinajstić information content (AvgIpc) is 3.20. The molecule has 176 valence electrons. The van der Waals surface area contributed by atoms with E-state index in [4.69, 9.17) is 4.98 Å². The lowest BCUT2D eigenvalue weighted by molar-refractivity contribution is 0.0697. The Kier molecular flexibility index (Phi) is 5.91. The number of hydrogen-bond donors (Lipinski definition) is 2. The van der Waals surface area contributed by atoms with E-state index in [9.17, 15) is 14.7 Å². The van der Waals surface area contributed by atoms with Crippen LogP contribution < -0.4 is 5.56 Å². The SMILES string of the molecule is CC(C)c1nc2cc3c(cc2[nH]c1=O)nc(-c1ccc(C(=O)O)cc1)n3CCCc1ccccc1. The van der Waals surface area contributed by atoms with E-state index < -0.39 is 5.97 Å². The van der Waals surface area contributed by atoms with E-state index >= 15 is 0 Å². The molecule has 3 aromatic carbocycles. The van der Waals surface area contributed by atoms with Gasteiger partial charge in [-0.3, -0.25) is 4.79 Å². The van der Waals surface area contributed by atoms with E-state index in [2.05, 4.69) is 26.7 Å². The standard InChI is InChI=1S/C28H26N4O3/c1-17(2)25-27(33)31-21-15-23-24(16-22(21)29-25)32(14-6-9-18-7-4-3-5-8-18)26(30-23)19-10-12-20(13-11-19)28(34)35/h3-5,7-8,10-13,15-17H,6,9,14H2,1-2H3,(H,31,33)(H,34,35). The fourth-order valence-electron chi connectivity index (χ4n) is 4.41. The van der Waals surface area contributed by atoms with Crippen molar-refractivity contribution in [3.05, 3.63) is 93.9 Å². The first-order valence-electron chi connectivity index (χ1n) is 11.7. The number of nitrogens with zero attached hydrogens (tertiary/aromatic N) is 3. The lowest BCUT2D eigenvalue weighted by Crippen LogP contribution is -2.16. The Morgan fingerprint density at radius 2 is 1.74 bits per heavy atom. The molecule has 7 nitrogen and oxygen atoms in total. The number of carboxylic acids is 1. The van der Waals surface area contributed by atoms with Gasteiger partial charge in [0.1, 0.15) is 11.5 Å². The van der Waals surface area contributed by atoms with Crippen molar-refractivity contribution in [1.82, 2.24) is 19.5 Å². The van der Waals surface area contributed by atoms with Gasteiger partial charge in [0, 0.05) is 18.0 Å². The molecule has 2 N–H and O–H groups in total. The van der Waals surface area contributed by atoms with E-state index in [0.717, 1.165) is 47.3 Å². The van der Waals surface area contributed by atoms with Gasteiger partial charge in [0.05, 0.1) is 27.6 Å². The van der Waals surface area contributed by atoms with Crippen molar-refractivity contribution in [2.45, 2.75) is 39.2 Å². The van der Waals surface area contributed by atoms with Crippen LogP contribution in [0.15, 0.2) is 71.5 Å². The minimum absolute atomic E-state index is 0.0120. The number of nitrogens with one attached hydrogen (secondary N) is 1. The quantitative estimate of drug-likeness (QED) is 0.335. The van der Waals surface area contributed by atoms with Crippen molar-refractivity contribution >= 4 is 28.0 Å². The van der Waals surface area contributed by atoms with Crippen molar-refractivity contribution in [2.24, 2.45) is 0 Å². The average molecular weight is 467 g/mol. The number of H-pyrrole nitrogens is 1. The Morgan fingerprint density at radius 3 is 2.43 bits per heavy atom. The molecule has 0 amide bonds. The fraction of sp³-hybridized carbons (Fsp3) is 0.214. The Balaban J connectivity index is 1.62. The fourth-order valence-corrected chi connectivity index (χ4v) is 4.41. The number of aryl methyl sites for hydroxylation is 2. The Morgan fingerprint density at radius 1 is 1.00 bits per heavy atom. The first-order chi connectivity index (χ1) is 16.9. The highest BCUT2D eigenvalue weighted by molar-refractivity contribution is 5.93. The molecule has 0 unspecified atom stereocenters. The summed E-state index contributed by atoms with van der Waals surface area (Å²) in [4.78, 5) is 36.3. The zero-order chi connectivity index (χ0) is 24.5. The van der Waals surface area contributed by atoms with Gasteiger partial charge in [-0.2, -0.15) is 0 Å². The van der Waals surface area contributed by atoms with Crippen LogP contribution in [0.5, 0.6) is 0 Å². The smallest absolute Gasteiger partial charge is 0.335 e. The van der Waals surface area contributed by atoms with Gasteiger partial charge in [0.15, 0.2) is 0 Å². The summed E-state index contributed by atoms with van der Waals surface area (Å²) in [5.41, 5.74) is 5.71. The lowest BCUT2D eigenvalue weighted by atomic mass is 10.1. The van der Waals surface area contributed by atoms with Crippen molar-refractivity contribution < 1.29 is 9.90 Å². The second-order valence-electron chi connectivity index (χ2n) is 9.02. The summed E-state index contributed by atoms with van der Waals surface area (Å²) < 4.78 is 2.16. The van der Waals surface area contributed by atoms with Crippen LogP contribution in [-0.4, -0.2) is 30.6 Å². The third-order valence-corrected chi connectivity index (χ3v) is 6.21. The summed E-state index contributed by atoms with van der Waals surface area (Å²) in [6.45, 7) is 4.64. The Labute approximate surface area is 202 Å². The third-order valence-electron chi connectivity index (χ3n) is 6.21. The van der Waals surface area contributed by atoms with Crippen LogP contribution in [0.25, 0.3) is 33.5 Å². The second-order valence-corrected chi connectivity index (χ2v) is 9.02. The normalized spacial score (nSPS) is 11.5. The topological polar surface area (TPSA) is 101 Å². The van der Waals surface area contributed by atoms with Crippen LogP contribution >= 0.6 is 0 Å². The molecule has 5 rings (SSSR count). The molecule has 0 atom stereocenters. The monoisotopic (exact) mass is 466 g/mol. The highest BCUT2D eigenvalue weighted by Crippen LogP contribution is 2.28. The molecule has 0 radical (unpaired) electrons. The summed E-state index contributed by atoms with van der Waals surface area (Å²) in [7, 11) is 0. The molecule has 0 bridgehead atoms. The Hall–Kier alpha value is -4.26. The minimum Gasteiger partial charge on any atom is -0.478 e. The lowest BCUT2D eigenvalue weighted by Gasteiger charge is -2.11. The summed E-state index contributed by atoms with van der Waals surface area (Å²) in [5.74, 6) is -0.195. The molecule has 2 heterocycles. The van der Waals surface area contributed by atoms with Crippen LogP contribution in [0.2, 0.25) is 0 Å². The summed E-state index contributed by atoms with van der Waals surface area (Å²) in [6.07, 6.45) is 1.83. The zero-order valence-corrected chi connectivity index (χ0v) is 19.7. The largest absolute Gasteiger partial charge is 0.478 e. The first-order valence-corrected chi connectivity index (χ1v) is 11.7. The molecule has 0 saturated heterocycles. The van der Waals surface area contributed by atoms with Gasteiger partial charge >= 0.3 is 5.97 Å². The van der Waals surface area contributed by atoms with Crippen molar-refractivity contribution in [2.75, 3.05) is 0 Å². The number of aromatic carboxylic acids is 1. The first kappa shape index (κ1) is 22.5. The van der Waals surface area contributed by atoms with E-state index in [-0.39, 0.29) is 17.0 Å². The molecule has 35 heavy (non-hydrogen) atoms. The second kappa shape index (κ2) is 9.18. The number of hydrogen-bond acceptors (Lipinski definition) is 4. The molecule has 0 saturated carbocycles. The van der Waals surface area contributed by atoms with E-state index in [0.29, 0.717) is 11.2 Å². The Bertz CT molecular complexity index is 1580. The predicted octanol–water partition coefficient (Wildman–Crippen LogP) is 5.39. The molecule has 0 spiro atoms. The van der Waals surface area contributed by atoms with Gasteiger partial charge in [-0.15, -0.1) is 0 Å². The number of rotatable bonds is 7. The van der Waals surface area contributed by atoms with Crippen molar-refractivity contribution in [3.63, 3.8) is 0 Å². The van der Waals surface area contributed by atoms with E-state index in [1.54, 1.807) is 24.3 Å². The molecular formula is C28H26N4O3. The highest BCUT2D eigenvalue weighted by Gasteiger charge is 2.16. The maximum absolute atomic E-state index is 12.5. The molecular weight excluding hydrogens is 440 g/mol. The van der Waals surface area contributed by atoms with Crippen LogP contribution in [0.3, 0.4) is 0 Å². The molecule has 2 aromatic heterocycles. The number of aromatic nitrogens is 4. The van der Waals surface area contributed by atoms with Crippen LogP contribution in [-0.2, 0) is 13.0 Å². The maximum atomic E-state index is 12.5. The number of imidazole rings is 1. The van der Waals surface area contributed by atoms with Gasteiger partial charge in [-0.05, 0) is 42.7 Å². The number of carbonyl (C=O) groups is 1. The number of aromatic amines is 1. The van der Waals surface area contributed by atoms with Gasteiger partial charge in [-0.1, -0.05) is 56.3 Å². The number of fused-ring (bicyclic) bond motifs is 2. The van der Waals surface area contributed by atoms with Crippen LogP contribution in [0.1, 0.15) is 47.8 Å². The van der Waals surface area contributed by atoms with Crippen LogP contribution in [0.4, 0.5) is 0 Å². The van der Waals surface area contributed by atoms with Crippen molar-refractivity contribution in [1.29, 1.82) is 0 Å². The molecule has 0 aliphatic rings. The number of benzene rings is 3. The van der Waals surface area contributed by atoms with Crippen molar-refractivity contribution in [3.8, 4) is 11.4 Å². The summed E-state index contributed by atoms with van der Waals surface area (Å²) in [5, 5.41) is 9.27. The van der Waals surface area contributed by atoms with Gasteiger partial charge < -0.3 is 14.7 Å². The maximum Gasteiger partial charge on any atom is 0.335 e. The zero-order valence-electron chi connectivity index (χ0n) is 19.7. The predicted molar refractivity (Wildman–Crippen MR) is 137 cm³/mol. The molecule has 0 fully saturated rings. The van der Waals surface area contributed by atoms with E-state index in [1.807, 2.05) is 44.2 Å². The van der Waals surface area contributed by atoms with E-state index in [1.165, 1.54) is 5.56 Å². The molecule has 5 aromatic rings. The highest BCUT2D eigenvalue weighted by atomic mass is 16.4. The van der Waals surface area contributed by atoms with Gasteiger partial charge in [-0.25, -0.2) is 14.8 Å². The van der Waals surface area contributed by atoms with Gasteiger partial charge in [0.2, 0.25) is 0 Å². The minimum atomic E-state index is -0.963. The van der Waals surface area contributed by atoms with Crippen LogP contribution in [0, 0.1) is 0 Å². The third kappa shape index (κ3) is 4.45.